The lowest BCUT2D eigenvalue weighted by molar-refractivity contribution is -0.132. The minimum atomic E-state index is -0.994. The van der Waals surface area contributed by atoms with Crippen LogP contribution in [0.15, 0.2) is 45.1 Å². The molecule has 0 saturated heterocycles. The number of rotatable bonds is 3. The third-order valence-corrected chi connectivity index (χ3v) is 2.79. The standard InChI is InChI=1S/C14H12O5/c1-8(14(17)18)2-3-9-6-10-4-5-13(16)19-12(10)7-11(9)15/h2,4-7,15H,3H2,1H3,(H,17,18)/b8-2+. The van der Waals surface area contributed by atoms with Crippen LogP contribution in [0.1, 0.15) is 12.5 Å². The zero-order valence-corrected chi connectivity index (χ0v) is 10.2. The summed E-state index contributed by atoms with van der Waals surface area (Å²) in [6, 6.07) is 5.91. The van der Waals surface area contributed by atoms with Gasteiger partial charge in [0.15, 0.2) is 0 Å². The van der Waals surface area contributed by atoms with E-state index in [9.17, 15) is 14.7 Å². The molecule has 5 nitrogen and oxygen atoms in total. The van der Waals surface area contributed by atoms with Crippen LogP contribution < -0.4 is 5.63 Å². The molecule has 1 aromatic heterocycles. The van der Waals surface area contributed by atoms with Crippen LogP contribution >= 0.6 is 0 Å². The van der Waals surface area contributed by atoms with Crippen molar-refractivity contribution in [1.29, 1.82) is 0 Å². The highest BCUT2D eigenvalue weighted by Crippen LogP contribution is 2.25. The van der Waals surface area contributed by atoms with Gasteiger partial charge in [0.25, 0.3) is 0 Å². The molecule has 1 aromatic carbocycles. The molecule has 19 heavy (non-hydrogen) atoms. The molecule has 5 heteroatoms. The minimum absolute atomic E-state index is 0.0312. The molecule has 0 unspecified atom stereocenters. The fraction of sp³-hybridized carbons (Fsp3) is 0.143. The molecule has 0 fully saturated rings. The van der Waals surface area contributed by atoms with E-state index in [1.165, 1.54) is 25.1 Å². The van der Waals surface area contributed by atoms with Gasteiger partial charge < -0.3 is 14.6 Å². The first-order chi connectivity index (χ1) is 8.97. The zero-order valence-electron chi connectivity index (χ0n) is 10.2. The monoisotopic (exact) mass is 260 g/mol. The van der Waals surface area contributed by atoms with Gasteiger partial charge in [-0.15, -0.1) is 0 Å². The molecular weight excluding hydrogens is 248 g/mol. The highest BCUT2D eigenvalue weighted by molar-refractivity contribution is 5.86. The number of benzene rings is 1. The third-order valence-electron chi connectivity index (χ3n) is 2.79. The van der Waals surface area contributed by atoms with E-state index >= 15 is 0 Å². The number of allylic oxidation sites excluding steroid dienone is 1. The van der Waals surface area contributed by atoms with Crippen molar-refractivity contribution in [2.75, 3.05) is 0 Å². The topological polar surface area (TPSA) is 87.7 Å². The second kappa shape index (κ2) is 4.97. The van der Waals surface area contributed by atoms with E-state index in [0.717, 1.165) is 0 Å². The van der Waals surface area contributed by atoms with Crippen molar-refractivity contribution in [1.82, 2.24) is 0 Å². The van der Waals surface area contributed by atoms with Crippen LogP contribution in [-0.2, 0) is 11.2 Å². The number of phenols is 1. The fourth-order valence-corrected chi connectivity index (χ4v) is 1.67. The van der Waals surface area contributed by atoms with Crippen LogP contribution in [-0.4, -0.2) is 16.2 Å². The normalized spacial score (nSPS) is 11.7. The quantitative estimate of drug-likeness (QED) is 0.651. The highest BCUT2D eigenvalue weighted by Gasteiger charge is 2.06. The Morgan fingerprint density at radius 1 is 1.37 bits per heavy atom. The summed E-state index contributed by atoms with van der Waals surface area (Å²) in [4.78, 5) is 21.7. The molecular formula is C14H12O5. The molecule has 98 valence electrons. The van der Waals surface area contributed by atoms with Crippen LogP contribution in [0, 0.1) is 0 Å². The lowest BCUT2D eigenvalue weighted by Gasteiger charge is -2.04. The lowest BCUT2D eigenvalue weighted by atomic mass is 10.1. The van der Waals surface area contributed by atoms with Gasteiger partial charge in [0.1, 0.15) is 11.3 Å². The van der Waals surface area contributed by atoms with Gasteiger partial charge in [0.05, 0.1) is 0 Å². The number of carboxylic acid groups (broad SMARTS) is 1. The Kier molecular flexibility index (Phi) is 3.37. The molecule has 1 heterocycles. The predicted octanol–water partition coefficient (Wildman–Crippen LogP) is 2.07. The second-order valence-corrected chi connectivity index (χ2v) is 4.17. The summed E-state index contributed by atoms with van der Waals surface area (Å²) >= 11 is 0. The van der Waals surface area contributed by atoms with Gasteiger partial charge in [0.2, 0.25) is 0 Å². The average Bonchev–Trinajstić information content (AvgIpc) is 2.35. The summed E-state index contributed by atoms with van der Waals surface area (Å²) in [5.74, 6) is -1.03. The number of aliphatic carboxylic acids is 1. The van der Waals surface area contributed by atoms with Gasteiger partial charge in [-0.2, -0.15) is 0 Å². The van der Waals surface area contributed by atoms with E-state index < -0.39 is 11.6 Å². The molecule has 2 N–H and O–H groups in total. The van der Waals surface area contributed by atoms with E-state index in [0.29, 0.717) is 23.0 Å². The first-order valence-electron chi connectivity index (χ1n) is 5.63. The Morgan fingerprint density at radius 3 is 2.79 bits per heavy atom. The Hall–Kier alpha value is -2.56. The summed E-state index contributed by atoms with van der Waals surface area (Å²) in [7, 11) is 0. The minimum Gasteiger partial charge on any atom is -0.508 e. The Labute approximate surface area is 108 Å². The van der Waals surface area contributed by atoms with Crippen molar-refractivity contribution < 1.29 is 19.4 Å². The number of carbonyl (C=O) groups is 1. The van der Waals surface area contributed by atoms with Crippen molar-refractivity contribution >= 4 is 16.9 Å². The van der Waals surface area contributed by atoms with Crippen molar-refractivity contribution in [3.05, 3.63) is 51.9 Å². The Bertz CT molecular complexity index is 724. The Balaban J connectivity index is 2.42. The van der Waals surface area contributed by atoms with Crippen molar-refractivity contribution in [2.24, 2.45) is 0 Å². The van der Waals surface area contributed by atoms with Gasteiger partial charge in [-0.25, -0.2) is 9.59 Å². The largest absolute Gasteiger partial charge is 0.508 e. The molecule has 0 atom stereocenters. The number of fused-ring (bicyclic) bond motifs is 1. The molecule has 0 aliphatic rings. The number of carboxylic acids is 1. The third kappa shape index (κ3) is 2.82. The number of hydrogen-bond donors (Lipinski definition) is 2. The molecule has 0 spiro atoms. The number of hydrogen-bond acceptors (Lipinski definition) is 4. The van der Waals surface area contributed by atoms with E-state index in [1.54, 1.807) is 12.1 Å². The molecule has 0 amide bonds. The number of phenolic OH excluding ortho intramolecular Hbond substituents is 1. The average molecular weight is 260 g/mol. The molecule has 0 aliphatic carbocycles. The second-order valence-electron chi connectivity index (χ2n) is 4.17. The van der Waals surface area contributed by atoms with Crippen LogP contribution in [0.5, 0.6) is 5.75 Å². The molecule has 0 saturated carbocycles. The summed E-state index contributed by atoms with van der Waals surface area (Å²) in [6.07, 6.45) is 1.81. The van der Waals surface area contributed by atoms with Crippen LogP contribution in [0.3, 0.4) is 0 Å². The van der Waals surface area contributed by atoms with Gasteiger partial charge in [-0.3, -0.25) is 0 Å². The Morgan fingerprint density at radius 2 is 2.11 bits per heavy atom. The zero-order chi connectivity index (χ0) is 14.0. The van der Waals surface area contributed by atoms with Crippen LogP contribution in [0.2, 0.25) is 0 Å². The van der Waals surface area contributed by atoms with Crippen molar-refractivity contribution in [3.8, 4) is 5.75 Å². The van der Waals surface area contributed by atoms with Crippen LogP contribution in [0.25, 0.3) is 11.0 Å². The molecule has 0 radical (unpaired) electrons. The first kappa shape index (κ1) is 12.9. The van der Waals surface area contributed by atoms with Crippen molar-refractivity contribution in [3.63, 3.8) is 0 Å². The van der Waals surface area contributed by atoms with Gasteiger partial charge >= 0.3 is 11.6 Å². The van der Waals surface area contributed by atoms with E-state index in [1.807, 2.05) is 0 Å². The van der Waals surface area contributed by atoms with E-state index in [2.05, 4.69) is 0 Å². The van der Waals surface area contributed by atoms with Crippen molar-refractivity contribution in [2.45, 2.75) is 13.3 Å². The maximum Gasteiger partial charge on any atom is 0.336 e. The summed E-state index contributed by atoms with van der Waals surface area (Å²) < 4.78 is 4.94. The van der Waals surface area contributed by atoms with Gasteiger partial charge in [0, 0.05) is 23.1 Å². The van der Waals surface area contributed by atoms with Gasteiger partial charge in [-0.05, 0) is 31.0 Å². The van der Waals surface area contributed by atoms with E-state index in [4.69, 9.17) is 9.52 Å². The first-order valence-corrected chi connectivity index (χ1v) is 5.63. The lowest BCUT2D eigenvalue weighted by Crippen LogP contribution is -1.97. The fourth-order valence-electron chi connectivity index (χ4n) is 1.67. The summed E-state index contributed by atoms with van der Waals surface area (Å²) in [5.41, 5.74) is 0.593. The molecule has 2 rings (SSSR count). The maximum atomic E-state index is 11.0. The van der Waals surface area contributed by atoms with E-state index in [-0.39, 0.29) is 11.3 Å². The molecule has 0 aliphatic heterocycles. The smallest absolute Gasteiger partial charge is 0.336 e. The van der Waals surface area contributed by atoms with Gasteiger partial charge in [-0.1, -0.05) is 6.08 Å². The molecule has 2 aromatic rings. The summed E-state index contributed by atoms with van der Waals surface area (Å²) in [6.45, 7) is 1.49. The predicted molar refractivity (Wildman–Crippen MR) is 69.2 cm³/mol. The number of aromatic hydroxyl groups is 1. The maximum absolute atomic E-state index is 11.0. The SMILES string of the molecule is C/C(=C\Cc1cc2ccc(=O)oc2cc1O)C(=O)O. The van der Waals surface area contributed by atoms with Crippen LogP contribution in [0.4, 0.5) is 0 Å². The molecule has 0 bridgehead atoms. The highest BCUT2D eigenvalue weighted by atomic mass is 16.4. The summed E-state index contributed by atoms with van der Waals surface area (Å²) in [5, 5.41) is 19.2.